The maximum atomic E-state index is 10.9. The van der Waals surface area contributed by atoms with Gasteiger partial charge in [0.25, 0.3) is 5.56 Å². The van der Waals surface area contributed by atoms with Crippen molar-refractivity contribution in [3.63, 3.8) is 0 Å². The summed E-state index contributed by atoms with van der Waals surface area (Å²) in [5, 5.41) is 0. The number of pyridine rings is 1. The molecule has 0 aromatic carbocycles. The minimum atomic E-state index is -0.347. The van der Waals surface area contributed by atoms with Gasteiger partial charge in [-0.3, -0.25) is 9.59 Å². The van der Waals surface area contributed by atoms with E-state index in [0.29, 0.717) is 6.29 Å². The van der Waals surface area contributed by atoms with E-state index < -0.39 is 0 Å². The molecule has 11 heavy (non-hydrogen) atoms. The fraction of sp³-hybridized carbons (Fsp3) is 0.143. The molecule has 1 rings (SSSR count). The van der Waals surface area contributed by atoms with Gasteiger partial charge < -0.3 is 4.98 Å². The zero-order valence-corrected chi connectivity index (χ0v) is 7.44. The first-order chi connectivity index (χ1) is 5.15. The van der Waals surface area contributed by atoms with Gasteiger partial charge in [-0.1, -0.05) is 0 Å². The highest BCUT2D eigenvalue weighted by Crippen LogP contribution is 2.11. The van der Waals surface area contributed by atoms with Crippen molar-refractivity contribution in [1.29, 1.82) is 0 Å². The summed E-state index contributed by atoms with van der Waals surface area (Å²) in [6.45, 7) is 1.75. The minimum Gasteiger partial charge on any atom is -0.325 e. The molecule has 0 aliphatic heterocycles. The summed E-state index contributed by atoms with van der Waals surface area (Å²) in [5.41, 5.74) is 0.517. The molecule has 0 saturated heterocycles. The molecule has 58 valence electrons. The van der Waals surface area contributed by atoms with E-state index in [4.69, 9.17) is 0 Å². The van der Waals surface area contributed by atoms with E-state index in [1.165, 1.54) is 6.07 Å². The van der Waals surface area contributed by atoms with Crippen LogP contribution in [0.5, 0.6) is 0 Å². The molecular formula is C7H6BrNO2. The highest BCUT2D eigenvalue weighted by molar-refractivity contribution is 9.10. The van der Waals surface area contributed by atoms with Crippen LogP contribution in [0.2, 0.25) is 0 Å². The number of halogens is 1. The molecule has 3 nitrogen and oxygen atoms in total. The molecular weight excluding hydrogens is 210 g/mol. The number of hydrogen-bond donors (Lipinski definition) is 1. The molecule has 0 atom stereocenters. The van der Waals surface area contributed by atoms with Gasteiger partial charge in [0.05, 0.1) is 5.56 Å². The second-order valence-corrected chi connectivity index (χ2v) is 3.00. The molecule has 1 heterocycles. The monoisotopic (exact) mass is 215 g/mol. The van der Waals surface area contributed by atoms with Crippen molar-refractivity contribution in [1.82, 2.24) is 4.98 Å². The minimum absolute atomic E-state index is 0.141. The summed E-state index contributed by atoms with van der Waals surface area (Å²) in [6.07, 6.45) is 0.531. The highest BCUT2D eigenvalue weighted by Gasteiger charge is 2.00. The van der Waals surface area contributed by atoms with E-state index in [-0.39, 0.29) is 11.1 Å². The lowest BCUT2D eigenvalue weighted by Crippen LogP contribution is -2.12. The molecule has 4 heteroatoms. The van der Waals surface area contributed by atoms with Gasteiger partial charge >= 0.3 is 0 Å². The number of H-pyrrole nitrogens is 1. The fourth-order valence-corrected chi connectivity index (χ4v) is 1.05. The highest BCUT2D eigenvalue weighted by atomic mass is 79.9. The zero-order valence-electron chi connectivity index (χ0n) is 5.85. The maximum absolute atomic E-state index is 10.9. The summed E-state index contributed by atoms with van der Waals surface area (Å²) in [7, 11) is 0. The van der Waals surface area contributed by atoms with Gasteiger partial charge in [-0.05, 0) is 28.9 Å². The summed E-state index contributed by atoms with van der Waals surface area (Å²) >= 11 is 3.19. The standard InChI is InChI=1S/C7H6BrNO2/c1-4-6(8)2-5(3-10)7(11)9-4/h2-3H,1H3,(H,9,11). The van der Waals surface area contributed by atoms with Crippen LogP contribution in [0.15, 0.2) is 15.3 Å². The van der Waals surface area contributed by atoms with Gasteiger partial charge in [-0.15, -0.1) is 0 Å². The van der Waals surface area contributed by atoms with Crippen LogP contribution in [0.4, 0.5) is 0 Å². The predicted octanol–water partition coefficient (Wildman–Crippen LogP) is 1.26. The first kappa shape index (κ1) is 8.20. The van der Waals surface area contributed by atoms with Crippen LogP contribution >= 0.6 is 15.9 Å². The third-order valence-corrected chi connectivity index (χ3v) is 2.15. The molecule has 0 aliphatic carbocycles. The lowest BCUT2D eigenvalue weighted by atomic mass is 10.3. The molecule has 0 saturated carbocycles. The average Bonchev–Trinajstić information content (AvgIpc) is 1.97. The second kappa shape index (κ2) is 3.00. The smallest absolute Gasteiger partial charge is 0.258 e. The number of aryl methyl sites for hydroxylation is 1. The normalized spacial score (nSPS) is 9.64. The zero-order chi connectivity index (χ0) is 8.43. The molecule has 0 unspecified atom stereocenters. The molecule has 1 aromatic rings. The van der Waals surface area contributed by atoms with Gasteiger partial charge in [0.2, 0.25) is 0 Å². The topological polar surface area (TPSA) is 49.9 Å². The van der Waals surface area contributed by atoms with E-state index in [0.717, 1.165) is 10.2 Å². The number of carbonyl (C=O) groups excluding carboxylic acids is 1. The molecule has 0 spiro atoms. The number of aromatic nitrogens is 1. The van der Waals surface area contributed by atoms with Crippen molar-refractivity contribution < 1.29 is 4.79 Å². The number of nitrogens with one attached hydrogen (secondary N) is 1. The Kier molecular flexibility index (Phi) is 2.24. The molecule has 0 aliphatic rings. The van der Waals surface area contributed by atoms with Crippen molar-refractivity contribution in [2.45, 2.75) is 6.92 Å². The molecule has 1 aromatic heterocycles. The summed E-state index contributed by atoms with van der Waals surface area (Å²) in [6, 6.07) is 1.50. The van der Waals surface area contributed by atoms with Crippen LogP contribution in [-0.2, 0) is 0 Å². The quantitative estimate of drug-likeness (QED) is 0.718. The lowest BCUT2D eigenvalue weighted by Gasteiger charge is -1.96. The largest absolute Gasteiger partial charge is 0.325 e. The second-order valence-electron chi connectivity index (χ2n) is 2.14. The van der Waals surface area contributed by atoms with E-state index in [1.807, 2.05) is 0 Å². The van der Waals surface area contributed by atoms with Gasteiger partial charge in [0.15, 0.2) is 6.29 Å². The van der Waals surface area contributed by atoms with Gasteiger partial charge in [0, 0.05) is 10.2 Å². The Bertz CT molecular complexity index is 343. The summed E-state index contributed by atoms with van der Waals surface area (Å²) in [4.78, 5) is 23.7. The Balaban J connectivity index is 3.44. The third kappa shape index (κ3) is 1.57. The Morgan fingerprint density at radius 2 is 2.27 bits per heavy atom. The number of rotatable bonds is 1. The SMILES string of the molecule is Cc1[nH]c(=O)c(C=O)cc1Br. The van der Waals surface area contributed by atoms with Crippen LogP contribution < -0.4 is 5.56 Å². The predicted molar refractivity (Wildman–Crippen MR) is 44.9 cm³/mol. The molecule has 0 amide bonds. The Morgan fingerprint density at radius 1 is 1.64 bits per heavy atom. The molecule has 0 fully saturated rings. The first-order valence-electron chi connectivity index (χ1n) is 2.99. The third-order valence-electron chi connectivity index (χ3n) is 1.33. The van der Waals surface area contributed by atoms with Gasteiger partial charge in [-0.25, -0.2) is 0 Å². The van der Waals surface area contributed by atoms with Gasteiger partial charge in [-0.2, -0.15) is 0 Å². The van der Waals surface area contributed by atoms with Crippen molar-refractivity contribution in [2.24, 2.45) is 0 Å². The van der Waals surface area contributed by atoms with Crippen LogP contribution in [-0.4, -0.2) is 11.3 Å². The van der Waals surface area contributed by atoms with Crippen molar-refractivity contribution in [3.05, 3.63) is 32.2 Å². The fourth-order valence-electron chi connectivity index (χ4n) is 0.700. The summed E-state index contributed by atoms with van der Waals surface area (Å²) in [5.74, 6) is 0. The summed E-state index contributed by atoms with van der Waals surface area (Å²) < 4.78 is 0.735. The Morgan fingerprint density at radius 3 is 2.82 bits per heavy atom. The Labute approximate surface area is 71.6 Å². The van der Waals surface area contributed by atoms with Crippen molar-refractivity contribution >= 4 is 22.2 Å². The number of aldehydes is 1. The number of hydrogen-bond acceptors (Lipinski definition) is 2. The van der Waals surface area contributed by atoms with Crippen LogP contribution in [0.1, 0.15) is 16.1 Å². The van der Waals surface area contributed by atoms with Crippen molar-refractivity contribution in [2.75, 3.05) is 0 Å². The Hall–Kier alpha value is -0.900. The molecule has 1 N–H and O–H groups in total. The van der Waals surface area contributed by atoms with E-state index in [1.54, 1.807) is 6.92 Å². The van der Waals surface area contributed by atoms with E-state index in [9.17, 15) is 9.59 Å². The van der Waals surface area contributed by atoms with Crippen LogP contribution in [0.3, 0.4) is 0 Å². The average molecular weight is 216 g/mol. The van der Waals surface area contributed by atoms with Crippen LogP contribution in [0.25, 0.3) is 0 Å². The molecule has 0 bridgehead atoms. The van der Waals surface area contributed by atoms with Crippen molar-refractivity contribution in [3.8, 4) is 0 Å². The van der Waals surface area contributed by atoms with E-state index in [2.05, 4.69) is 20.9 Å². The maximum Gasteiger partial charge on any atom is 0.258 e. The van der Waals surface area contributed by atoms with E-state index >= 15 is 0 Å². The van der Waals surface area contributed by atoms with Crippen LogP contribution in [0, 0.1) is 6.92 Å². The first-order valence-corrected chi connectivity index (χ1v) is 3.79. The number of aromatic amines is 1. The number of carbonyl (C=O) groups is 1. The van der Waals surface area contributed by atoms with Gasteiger partial charge in [0.1, 0.15) is 0 Å². The lowest BCUT2D eigenvalue weighted by molar-refractivity contribution is 0.112. The molecule has 0 radical (unpaired) electrons.